The van der Waals surface area contributed by atoms with Crippen LogP contribution < -0.4 is 0 Å². The number of fused-ring (bicyclic) bond motifs is 5. The molecule has 0 amide bonds. The van der Waals surface area contributed by atoms with E-state index >= 15 is 0 Å². The number of allylic oxidation sites excluding steroid dienone is 4. The minimum Gasteiger partial charge on any atom is -0.393 e. The SMILES string of the molecule is C[C@]12C=CC(=O)C=C1CCC1C2C(O)C[C@@]2(C)C1CCC2(O)C(=O)COP(=O)(O)O. The first-order valence-corrected chi connectivity index (χ1v) is 11.9. The smallest absolute Gasteiger partial charge is 0.393 e. The van der Waals surface area contributed by atoms with Crippen molar-refractivity contribution in [1.82, 2.24) is 0 Å². The average Bonchev–Trinajstić information content (AvgIpc) is 2.91. The molecule has 0 aromatic rings. The summed E-state index contributed by atoms with van der Waals surface area (Å²) < 4.78 is 15.4. The lowest BCUT2D eigenvalue weighted by Gasteiger charge is -2.59. The molecule has 4 aliphatic rings. The van der Waals surface area contributed by atoms with E-state index in [4.69, 9.17) is 9.79 Å². The van der Waals surface area contributed by atoms with Gasteiger partial charge in [-0.05, 0) is 56.1 Å². The van der Waals surface area contributed by atoms with Crippen LogP contribution in [-0.2, 0) is 18.7 Å². The molecule has 4 N–H and O–H groups in total. The Morgan fingerprint density at radius 3 is 2.67 bits per heavy atom. The molecule has 30 heavy (non-hydrogen) atoms. The maximum absolute atomic E-state index is 12.8. The highest BCUT2D eigenvalue weighted by molar-refractivity contribution is 7.46. The molecule has 9 heteroatoms. The molecule has 4 rings (SSSR count). The summed E-state index contributed by atoms with van der Waals surface area (Å²) in [5.41, 5.74) is -2.15. The van der Waals surface area contributed by atoms with E-state index in [2.05, 4.69) is 4.52 Å². The van der Waals surface area contributed by atoms with E-state index in [0.717, 1.165) is 18.4 Å². The van der Waals surface area contributed by atoms with Crippen molar-refractivity contribution in [2.75, 3.05) is 6.61 Å². The van der Waals surface area contributed by atoms with E-state index in [1.54, 1.807) is 19.1 Å². The van der Waals surface area contributed by atoms with Crippen molar-refractivity contribution in [3.05, 3.63) is 23.8 Å². The van der Waals surface area contributed by atoms with E-state index in [0.29, 0.717) is 6.42 Å². The van der Waals surface area contributed by atoms with Gasteiger partial charge in [0.2, 0.25) is 0 Å². The Labute approximate surface area is 175 Å². The van der Waals surface area contributed by atoms with Gasteiger partial charge in [-0.25, -0.2) is 4.57 Å². The second-order valence-electron chi connectivity index (χ2n) is 9.80. The molecule has 8 nitrogen and oxygen atoms in total. The second-order valence-corrected chi connectivity index (χ2v) is 11.0. The Hall–Kier alpha value is -1.15. The van der Waals surface area contributed by atoms with Gasteiger partial charge in [0, 0.05) is 16.7 Å². The van der Waals surface area contributed by atoms with Gasteiger partial charge in [0.25, 0.3) is 0 Å². The van der Waals surface area contributed by atoms with Crippen molar-refractivity contribution < 1.29 is 38.7 Å². The number of phosphoric acid groups is 1. The third kappa shape index (κ3) is 3.12. The highest BCUT2D eigenvalue weighted by Crippen LogP contribution is 2.67. The van der Waals surface area contributed by atoms with Crippen LogP contribution in [0, 0.1) is 28.6 Å². The van der Waals surface area contributed by atoms with Crippen LogP contribution in [0.1, 0.15) is 46.0 Å². The summed E-state index contributed by atoms with van der Waals surface area (Å²) in [7, 11) is -4.84. The molecule has 7 atom stereocenters. The first kappa shape index (κ1) is 22.1. The largest absolute Gasteiger partial charge is 0.470 e. The highest BCUT2D eigenvalue weighted by Gasteiger charge is 2.68. The minimum absolute atomic E-state index is 0.0284. The molecule has 4 aliphatic carbocycles. The Morgan fingerprint density at radius 2 is 2.00 bits per heavy atom. The fourth-order valence-electron chi connectivity index (χ4n) is 7.05. The highest BCUT2D eigenvalue weighted by atomic mass is 31.2. The predicted molar refractivity (Wildman–Crippen MR) is 106 cm³/mol. The van der Waals surface area contributed by atoms with Gasteiger partial charge in [0.05, 0.1) is 6.10 Å². The molecule has 3 fully saturated rings. The molecule has 0 spiro atoms. The van der Waals surface area contributed by atoms with E-state index in [9.17, 15) is 24.4 Å². The number of rotatable bonds is 4. The van der Waals surface area contributed by atoms with Gasteiger partial charge < -0.3 is 20.0 Å². The number of hydrogen-bond donors (Lipinski definition) is 4. The van der Waals surface area contributed by atoms with Crippen molar-refractivity contribution >= 4 is 19.4 Å². The summed E-state index contributed by atoms with van der Waals surface area (Å²) in [6.45, 7) is 2.97. The lowest BCUT2D eigenvalue weighted by Crippen LogP contribution is -2.61. The van der Waals surface area contributed by atoms with Crippen molar-refractivity contribution in [1.29, 1.82) is 0 Å². The van der Waals surface area contributed by atoms with Crippen molar-refractivity contribution in [3.63, 3.8) is 0 Å². The maximum atomic E-state index is 12.8. The standard InChI is InChI=1S/C21H29O8P/c1-19-7-5-13(22)9-12(19)3-4-14-15-6-8-21(25,17(24)11-29-30(26,27)28)20(15,2)10-16(23)18(14)19/h5,7,9,14-16,18,23,25H,3-4,6,8,10-11H2,1-2H3,(H2,26,27,28)/t14?,15?,16?,18?,19-,20-,21?/m0/s1. The lowest BCUT2D eigenvalue weighted by atomic mass is 9.46. The van der Waals surface area contributed by atoms with Crippen molar-refractivity contribution in [2.24, 2.45) is 28.6 Å². The Kier molecular flexibility index (Phi) is 5.09. The Balaban J connectivity index is 1.65. The summed E-state index contributed by atoms with van der Waals surface area (Å²) >= 11 is 0. The summed E-state index contributed by atoms with van der Waals surface area (Å²) in [5.74, 6) is -0.888. The van der Waals surface area contributed by atoms with Crippen LogP contribution in [0.3, 0.4) is 0 Å². The number of hydrogen-bond acceptors (Lipinski definition) is 6. The summed E-state index contributed by atoms with van der Waals surface area (Å²) in [6, 6.07) is 0. The van der Waals surface area contributed by atoms with Crippen molar-refractivity contribution in [3.8, 4) is 0 Å². The van der Waals surface area contributed by atoms with E-state index in [-0.39, 0.29) is 36.4 Å². The molecule has 0 aliphatic heterocycles. The molecule has 3 saturated carbocycles. The van der Waals surface area contributed by atoms with Gasteiger partial charge in [-0.15, -0.1) is 0 Å². The fourth-order valence-corrected chi connectivity index (χ4v) is 7.34. The quantitative estimate of drug-likeness (QED) is 0.484. The summed E-state index contributed by atoms with van der Waals surface area (Å²) in [6.07, 6.45) is 6.76. The molecular weight excluding hydrogens is 411 g/mol. The molecule has 0 aromatic heterocycles. The Morgan fingerprint density at radius 1 is 1.30 bits per heavy atom. The fraction of sp³-hybridized carbons (Fsp3) is 0.714. The minimum atomic E-state index is -4.84. The zero-order chi connectivity index (χ0) is 22.1. The molecule has 0 heterocycles. The van der Waals surface area contributed by atoms with Crippen molar-refractivity contribution in [2.45, 2.75) is 57.7 Å². The van der Waals surface area contributed by atoms with Gasteiger partial charge in [0.1, 0.15) is 12.2 Å². The van der Waals surface area contributed by atoms with E-state index in [1.807, 2.05) is 13.0 Å². The van der Waals surface area contributed by atoms with Gasteiger partial charge in [-0.1, -0.05) is 25.5 Å². The number of ketones is 2. The summed E-state index contributed by atoms with van der Waals surface area (Å²) in [5, 5.41) is 22.6. The molecule has 0 bridgehead atoms. The third-order valence-corrected chi connectivity index (χ3v) is 8.94. The van der Waals surface area contributed by atoms with E-state index in [1.165, 1.54) is 0 Å². The normalized spacial score (nSPS) is 45.4. The van der Waals surface area contributed by atoms with Crippen LogP contribution in [-0.4, -0.2) is 49.9 Å². The van der Waals surface area contributed by atoms with Gasteiger partial charge >= 0.3 is 7.82 Å². The Bertz CT molecular complexity index is 889. The molecule has 0 radical (unpaired) electrons. The molecule has 0 saturated heterocycles. The van der Waals surface area contributed by atoms with Gasteiger partial charge in [-0.2, -0.15) is 0 Å². The third-order valence-electron chi connectivity index (χ3n) is 8.47. The topological polar surface area (TPSA) is 141 Å². The first-order valence-electron chi connectivity index (χ1n) is 10.4. The number of carbonyl (C=O) groups excluding carboxylic acids is 2. The zero-order valence-electron chi connectivity index (χ0n) is 17.2. The van der Waals surface area contributed by atoms with Crippen LogP contribution in [0.4, 0.5) is 0 Å². The lowest BCUT2D eigenvalue weighted by molar-refractivity contribution is -0.178. The second kappa shape index (κ2) is 6.92. The number of aliphatic hydroxyl groups is 2. The van der Waals surface area contributed by atoms with Gasteiger partial charge in [-0.3, -0.25) is 14.1 Å². The monoisotopic (exact) mass is 440 g/mol. The van der Waals surface area contributed by atoms with Crippen LogP contribution in [0.2, 0.25) is 0 Å². The number of phosphoric ester groups is 1. The first-order chi connectivity index (χ1) is 13.8. The number of carbonyl (C=O) groups is 2. The maximum Gasteiger partial charge on any atom is 0.470 e. The average molecular weight is 440 g/mol. The number of Topliss-reactive ketones (excluding diaryl/α,β-unsaturated/α-hetero) is 1. The predicted octanol–water partition coefficient (Wildman–Crippen LogP) is 1.67. The number of aliphatic hydroxyl groups excluding tert-OH is 1. The van der Waals surface area contributed by atoms with E-state index < -0.39 is 42.7 Å². The molecule has 166 valence electrons. The summed E-state index contributed by atoms with van der Waals surface area (Å²) in [4.78, 5) is 42.5. The molecular formula is C21H29O8P. The molecule has 5 unspecified atom stereocenters. The zero-order valence-corrected chi connectivity index (χ0v) is 18.0. The van der Waals surface area contributed by atoms with Crippen LogP contribution >= 0.6 is 7.82 Å². The molecule has 0 aromatic carbocycles. The van der Waals surface area contributed by atoms with Crippen LogP contribution in [0.5, 0.6) is 0 Å². The van der Waals surface area contributed by atoms with Crippen LogP contribution in [0.25, 0.3) is 0 Å². The van der Waals surface area contributed by atoms with Gasteiger partial charge in [0.15, 0.2) is 11.6 Å². The van der Waals surface area contributed by atoms with Crippen LogP contribution in [0.15, 0.2) is 23.8 Å².